The molecule has 0 aliphatic carbocycles. The van der Waals surface area contributed by atoms with Gasteiger partial charge in [0.05, 0.1) is 4.90 Å². The number of ketones is 1. The van der Waals surface area contributed by atoms with Crippen molar-refractivity contribution in [3.05, 3.63) is 65.2 Å². The van der Waals surface area contributed by atoms with Gasteiger partial charge in [-0.3, -0.25) is 4.79 Å². The number of benzene rings is 2. The normalized spacial score (nSPS) is 11.6. The highest BCUT2D eigenvalue weighted by Gasteiger charge is 2.20. The van der Waals surface area contributed by atoms with Gasteiger partial charge in [-0.05, 0) is 31.5 Å². The molecule has 116 valence electrons. The molecule has 0 radical (unpaired) electrons. The minimum absolute atomic E-state index is 0.0862. The fraction of sp³-hybridized carbons (Fsp3) is 0.235. The van der Waals surface area contributed by atoms with Gasteiger partial charge in [-0.25, -0.2) is 8.42 Å². The maximum atomic E-state index is 12.5. The number of aryl methyl sites for hydroxylation is 1. The van der Waals surface area contributed by atoms with Crippen LogP contribution in [0.2, 0.25) is 0 Å². The summed E-state index contributed by atoms with van der Waals surface area (Å²) in [5.41, 5.74) is 2.56. The second kappa shape index (κ2) is 6.42. The SMILES string of the molecule is CC(=O)c1ccc(S(=O)(=O)N(C)Cc2ccc(C)cc2)cc1. The zero-order valence-corrected chi connectivity index (χ0v) is 13.7. The average Bonchev–Trinajstić information content (AvgIpc) is 2.49. The fourth-order valence-electron chi connectivity index (χ4n) is 2.08. The van der Waals surface area contributed by atoms with E-state index < -0.39 is 10.0 Å². The lowest BCUT2D eigenvalue weighted by Crippen LogP contribution is -2.26. The fourth-order valence-corrected chi connectivity index (χ4v) is 3.24. The van der Waals surface area contributed by atoms with Crippen LogP contribution in [0.3, 0.4) is 0 Å². The Labute approximate surface area is 131 Å². The number of nitrogens with zero attached hydrogens (tertiary/aromatic N) is 1. The van der Waals surface area contributed by atoms with Gasteiger partial charge in [0.25, 0.3) is 0 Å². The minimum Gasteiger partial charge on any atom is -0.295 e. The second-order valence-electron chi connectivity index (χ2n) is 5.33. The summed E-state index contributed by atoms with van der Waals surface area (Å²) in [7, 11) is -2.02. The zero-order chi connectivity index (χ0) is 16.3. The van der Waals surface area contributed by atoms with Crippen molar-refractivity contribution in [3.63, 3.8) is 0 Å². The molecule has 0 fully saturated rings. The third-order valence-corrected chi connectivity index (χ3v) is 5.31. The van der Waals surface area contributed by atoms with Crippen LogP contribution in [0.25, 0.3) is 0 Å². The Morgan fingerprint density at radius 1 is 1.00 bits per heavy atom. The zero-order valence-electron chi connectivity index (χ0n) is 12.9. The molecule has 0 bridgehead atoms. The molecule has 0 amide bonds. The van der Waals surface area contributed by atoms with Crippen LogP contribution in [0.15, 0.2) is 53.4 Å². The van der Waals surface area contributed by atoms with Gasteiger partial charge in [0.1, 0.15) is 0 Å². The first-order chi connectivity index (χ1) is 10.3. The minimum atomic E-state index is -3.57. The van der Waals surface area contributed by atoms with E-state index in [1.807, 2.05) is 31.2 Å². The van der Waals surface area contributed by atoms with E-state index in [9.17, 15) is 13.2 Å². The van der Waals surface area contributed by atoms with Gasteiger partial charge < -0.3 is 0 Å². The van der Waals surface area contributed by atoms with E-state index in [2.05, 4.69) is 0 Å². The molecule has 0 heterocycles. The van der Waals surface area contributed by atoms with Gasteiger partial charge >= 0.3 is 0 Å². The molecule has 0 saturated heterocycles. The van der Waals surface area contributed by atoms with E-state index >= 15 is 0 Å². The molecule has 0 spiro atoms. The predicted molar refractivity (Wildman–Crippen MR) is 86.3 cm³/mol. The van der Waals surface area contributed by atoms with E-state index in [4.69, 9.17) is 0 Å². The third-order valence-electron chi connectivity index (χ3n) is 3.49. The molecular weight excluding hydrogens is 298 g/mol. The smallest absolute Gasteiger partial charge is 0.243 e. The quantitative estimate of drug-likeness (QED) is 0.797. The standard InChI is InChI=1S/C17H19NO3S/c1-13-4-6-15(7-5-13)12-18(3)22(20,21)17-10-8-16(9-11-17)14(2)19/h4-11H,12H2,1-3H3. The van der Waals surface area contributed by atoms with Crippen LogP contribution in [0.1, 0.15) is 28.4 Å². The molecule has 2 rings (SSSR count). The van der Waals surface area contributed by atoms with Crippen LogP contribution in [-0.2, 0) is 16.6 Å². The van der Waals surface area contributed by atoms with Crippen molar-refractivity contribution in [2.24, 2.45) is 0 Å². The highest BCUT2D eigenvalue weighted by Crippen LogP contribution is 2.18. The van der Waals surface area contributed by atoms with Gasteiger partial charge in [0, 0.05) is 19.2 Å². The van der Waals surface area contributed by atoms with Crippen LogP contribution in [0.4, 0.5) is 0 Å². The molecule has 5 heteroatoms. The van der Waals surface area contributed by atoms with Crippen molar-refractivity contribution >= 4 is 15.8 Å². The molecule has 2 aromatic carbocycles. The second-order valence-corrected chi connectivity index (χ2v) is 7.37. The van der Waals surface area contributed by atoms with Gasteiger partial charge in [-0.1, -0.05) is 42.0 Å². The average molecular weight is 317 g/mol. The van der Waals surface area contributed by atoms with E-state index in [0.717, 1.165) is 11.1 Å². The van der Waals surface area contributed by atoms with Crippen molar-refractivity contribution in [3.8, 4) is 0 Å². The Balaban J connectivity index is 2.21. The van der Waals surface area contributed by atoms with E-state index in [1.165, 1.54) is 35.5 Å². The van der Waals surface area contributed by atoms with Crippen LogP contribution in [-0.4, -0.2) is 25.6 Å². The Morgan fingerprint density at radius 3 is 2.05 bits per heavy atom. The summed E-state index contributed by atoms with van der Waals surface area (Å²) in [6, 6.07) is 13.8. The molecule has 4 nitrogen and oxygen atoms in total. The molecule has 0 unspecified atom stereocenters. The lowest BCUT2D eigenvalue weighted by Gasteiger charge is -2.17. The van der Waals surface area contributed by atoms with Crippen molar-refractivity contribution in [2.75, 3.05) is 7.05 Å². The Hall–Kier alpha value is -1.98. The van der Waals surface area contributed by atoms with E-state index in [0.29, 0.717) is 12.1 Å². The maximum Gasteiger partial charge on any atom is 0.243 e. The van der Waals surface area contributed by atoms with Crippen molar-refractivity contribution in [2.45, 2.75) is 25.3 Å². The van der Waals surface area contributed by atoms with Gasteiger partial charge in [-0.15, -0.1) is 0 Å². The number of Topliss-reactive ketones (excluding diaryl/α,β-unsaturated/α-hetero) is 1. The first kappa shape index (κ1) is 16.4. The summed E-state index contributed by atoms with van der Waals surface area (Å²) in [4.78, 5) is 11.4. The Bertz CT molecular complexity index is 763. The number of carbonyl (C=O) groups excluding carboxylic acids is 1. The van der Waals surface area contributed by atoms with Gasteiger partial charge in [0.2, 0.25) is 10.0 Å². The monoisotopic (exact) mass is 317 g/mol. The number of carbonyl (C=O) groups is 1. The maximum absolute atomic E-state index is 12.5. The van der Waals surface area contributed by atoms with E-state index in [1.54, 1.807) is 7.05 Å². The number of rotatable bonds is 5. The summed E-state index contributed by atoms with van der Waals surface area (Å²) in [6.45, 7) is 3.74. The lowest BCUT2D eigenvalue weighted by molar-refractivity contribution is 0.101. The van der Waals surface area contributed by atoms with Gasteiger partial charge in [-0.2, -0.15) is 4.31 Å². The lowest BCUT2D eigenvalue weighted by atomic mass is 10.1. The molecular formula is C17H19NO3S. The number of hydrogen-bond donors (Lipinski definition) is 0. The molecule has 2 aromatic rings. The molecule has 22 heavy (non-hydrogen) atoms. The topological polar surface area (TPSA) is 54.5 Å². The molecule has 0 aliphatic rings. The van der Waals surface area contributed by atoms with Crippen LogP contribution < -0.4 is 0 Å². The predicted octanol–water partition coefficient (Wildman–Crippen LogP) is 3.02. The summed E-state index contributed by atoms with van der Waals surface area (Å²) >= 11 is 0. The van der Waals surface area contributed by atoms with Crippen LogP contribution >= 0.6 is 0 Å². The number of sulfonamides is 1. The van der Waals surface area contributed by atoms with Crippen LogP contribution in [0.5, 0.6) is 0 Å². The molecule has 0 aliphatic heterocycles. The van der Waals surface area contributed by atoms with E-state index in [-0.39, 0.29) is 10.7 Å². The molecule has 0 saturated carbocycles. The summed E-state index contributed by atoms with van der Waals surface area (Å²) in [5, 5.41) is 0. The molecule has 0 atom stereocenters. The summed E-state index contributed by atoms with van der Waals surface area (Å²) in [6.07, 6.45) is 0. The first-order valence-corrected chi connectivity index (χ1v) is 8.37. The van der Waals surface area contributed by atoms with Crippen molar-refractivity contribution < 1.29 is 13.2 Å². The first-order valence-electron chi connectivity index (χ1n) is 6.93. The highest BCUT2D eigenvalue weighted by molar-refractivity contribution is 7.89. The number of hydrogen-bond acceptors (Lipinski definition) is 3. The Morgan fingerprint density at radius 2 is 1.55 bits per heavy atom. The summed E-state index contributed by atoms with van der Waals surface area (Å²) in [5.74, 6) is -0.0862. The Kier molecular flexibility index (Phi) is 4.78. The highest BCUT2D eigenvalue weighted by atomic mass is 32.2. The van der Waals surface area contributed by atoms with Crippen molar-refractivity contribution in [1.82, 2.24) is 4.31 Å². The van der Waals surface area contributed by atoms with Crippen LogP contribution in [0, 0.1) is 6.92 Å². The van der Waals surface area contributed by atoms with Crippen molar-refractivity contribution in [1.29, 1.82) is 0 Å². The summed E-state index contributed by atoms with van der Waals surface area (Å²) < 4.78 is 26.4. The third kappa shape index (κ3) is 3.61. The molecule has 0 N–H and O–H groups in total. The van der Waals surface area contributed by atoms with Gasteiger partial charge in [0.15, 0.2) is 5.78 Å². The largest absolute Gasteiger partial charge is 0.295 e. The molecule has 0 aromatic heterocycles.